The number of rotatable bonds is 3. The molecule has 0 spiro atoms. The van der Waals surface area contributed by atoms with Crippen molar-refractivity contribution in [3.63, 3.8) is 0 Å². The first-order valence-electron chi connectivity index (χ1n) is 5.96. The number of carbonyl (C=O) groups is 1. The van der Waals surface area contributed by atoms with E-state index in [0.29, 0.717) is 11.3 Å². The van der Waals surface area contributed by atoms with E-state index in [2.05, 4.69) is 12.2 Å². The molecule has 3 nitrogen and oxygen atoms in total. The number of nitrogens with one attached hydrogen (secondary N) is 1. The van der Waals surface area contributed by atoms with Gasteiger partial charge in [0.1, 0.15) is 0 Å². The summed E-state index contributed by atoms with van der Waals surface area (Å²) in [6, 6.07) is 14.8. The van der Waals surface area contributed by atoms with Crippen LogP contribution in [0.15, 0.2) is 48.5 Å². The third-order valence-electron chi connectivity index (χ3n) is 2.85. The number of anilines is 2. The molecule has 2 aromatic carbocycles. The van der Waals surface area contributed by atoms with Crippen LogP contribution in [0.25, 0.3) is 0 Å². The highest BCUT2D eigenvalue weighted by Crippen LogP contribution is 2.18. The van der Waals surface area contributed by atoms with Crippen molar-refractivity contribution in [1.29, 1.82) is 0 Å². The summed E-state index contributed by atoms with van der Waals surface area (Å²) < 4.78 is 0. The van der Waals surface area contributed by atoms with Gasteiger partial charge in [0.25, 0.3) is 5.91 Å². The SMILES string of the molecule is CCc1ccccc1NC(=O)c1ccccc1N. The van der Waals surface area contributed by atoms with E-state index in [1.54, 1.807) is 18.2 Å². The minimum Gasteiger partial charge on any atom is -0.398 e. The van der Waals surface area contributed by atoms with E-state index in [4.69, 9.17) is 5.73 Å². The number of nitrogen functional groups attached to an aromatic ring is 1. The minimum absolute atomic E-state index is 0.172. The van der Waals surface area contributed by atoms with Crippen molar-refractivity contribution in [2.24, 2.45) is 0 Å². The lowest BCUT2D eigenvalue weighted by molar-refractivity contribution is 0.102. The average molecular weight is 240 g/mol. The second-order valence-corrected chi connectivity index (χ2v) is 4.05. The molecule has 0 aliphatic heterocycles. The van der Waals surface area contributed by atoms with Crippen LogP contribution in [0.4, 0.5) is 11.4 Å². The molecule has 92 valence electrons. The molecule has 3 N–H and O–H groups in total. The van der Waals surface area contributed by atoms with Crippen molar-refractivity contribution in [3.05, 3.63) is 59.7 Å². The Hall–Kier alpha value is -2.29. The normalized spacial score (nSPS) is 10.1. The van der Waals surface area contributed by atoms with Gasteiger partial charge in [-0.1, -0.05) is 37.3 Å². The van der Waals surface area contributed by atoms with E-state index in [0.717, 1.165) is 17.7 Å². The van der Waals surface area contributed by atoms with E-state index in [9.17, 15) is 4.79 Å². The Morgan fingerprint density at radius 1 is 1.11 bits per heavy atom. The molecule has 3 heteroatoms. The van der Waals surface area contributed by atoms with Gasteiger partial charge in [-0.15, -0.1) is 0 Å². The molecule has 0 aliphatic carbocycles. The van der Waals surface area contributed by atoms with Crippen LogP contribution in [0, 0.1) is 0 Å². The van der Waals surface area contributed by atoms with E-state index in [1.807, 2.05) is 30.3 Å². The van der Waals surface area contributed by atoms with Crippen molar-refractivity contribution in [1.82, 2.24) is 0 Å². The highest BCUT2D eigenvalue weighted by Gasteiger charge is 2.10. The fraction of sp³-hybridized carbons (Fsp3) is 0.133. The number of aryl methyl sites for hydroxylation is 1. The summed E-state index contributed by atoms with van der Waals surface area (Å²) >= 11 is 0. The second-order valence-electron chi connectivity index (χ2n) is 4.05. The molecule has 0 atom stereocenters. The quantitative estimate of drug-likeness (QED) is 0.810. The van der Waals surface area contributed by atoms with Crippen molar-refractivity contribution in [3.8, 4) is 0 Å². The van der Waals surface area contributed by atoms with Gasteiger partial charge in [0.2, 0.25) is 0 Å². The van der Waals surface area contributed by atoms with Crippen LogP contribution in [0.2, 0.25) is 0 Å². The Balaban J connectivity index is 2.24. The number of hydrogen-bond donors (Lipinski definition) is 2. The monoisotopic (exact) mass is 240 g/mol. The Morgan fingerprint density at radius 3 is 2.50 bits per heavy atom. The van der Waals surface area contributed by atoms with E-state index in [-0.39, 0.29) is 5.91 Å². The molecule has 0 fully saturated rings. The molecule has 0 aliphatic rings. The fourth-order valence-electron chi connectivity index (χ4n) is 1.84. The summed E-state index contributed by atoms with van der Waals surface area (Å²) in [4.78, 5) is 12.1. The first-order chi connectivity index (χ1) is 8.72. The predicted octanol–water partition coefficient (Wildman–Crippen LogP) is 3.08. The zero-order valence-corrected chi connectivity index (χ0v) is 10.3. The van der Waals surface area contributed by atoms with Gasteiger partial charge in [-0.3, -0.25) is 4.79 Å². The van der Waals surface area contributed by atoms with Crippen LogP contribution in [-0.2, 0) is 6.42 Å². The van der Waals surface area contributed by atoms with Crippen LogP contribution in [-0.4, -0.2) is 5.91 Å². The van der Waals surface area contributed by atoms with E-state index >= 15 is 0 Å². The first kappa shape index (κ1) is 12.2. The molecule has 0 saturated carbocycles. The number of carbonyl (C=O) groups excluding carboxylic acids is 1. The molecule has 0 unspecified atom stereocenters. The largest absolute Gasteiger partial charge is 0.398 e. The number of nitrogens with two attached hydrogens (primary N) is 1. The smallest absolute Gasteiger partial charge is 0.257 e. The van der Waals surface area contributed by atoms with Crippen molar-refractivity contribution in [2.75, 3.05) is 11.1 Å². The zero-order valence-electron chi connectivity index (χ0n) is 10.3. The van der Waals surface area contributed by atoms with Crippen LogP contribution in [0.1, 0.15) is 22.8 Å². The molecule has 2 aromatic rings. The summed E-state index contributed by atoms with van der Waals surface area (Å²) in [6.45, 7) is 2.06. The molecule has 0 bridgehead atoms. The fourth-order valence-corrected chi connectivity index (χ4v) is 1.84. The lowest BCUT2D eigenvalue weighted by Crippen LogP contribution is -2.14. The van der Waals surface area contributed by atoms with Crippen molar-refractivity contribution < 1.29 is 4.79 Å². The third-order valence-corrected chi connectivity index (χ3v) is 2.85. The van der Waals surface area contributed by atoms with Gasteiger partial charge in [-0.2, -0.15) is 0 Å². The van der Waals surface area contributed by atoms with Crippen LogP contribution in [0.5, 0.6) is 0 Å². The summed E-state index contributed by atoms with van der Waals surface area (Å²) in [5.41, 5.74) is 8.73. The van der Waals surface area contributed by atoms with E-state index < -0.39 is 0 Å². The number of amides is 1. The third kappa shape index (κ3) is 2.51. The maximum Gasteiger partial charge on any atom is 0.257 e. The molecule has 0 aromatic heterocycles. The van der Waals surface area contributed by atoms with Crippen LogP contribution in [0.3, 0.4) is 0 Å². The standard InChI is InChI=1S/C15H16N2O/c1-2-11-7-3-6-10-14(11)17-15(18)12-8-4-5-9-13(12)16/h3-10H,2,16H2,1H3,(H,17,18). The molecule has 1 amide bonds. The summed E-state index contributed by atoms with van der Waals surface area (Å²) in [6.07, 6.45) is 0.876. The van der Waals surface area contributed by atoms with Gasteiger partial charge in [-0.05, 0) is 30.2 Å². The minimum atomic E-state index is -0.172. The zero-order chi connectivity index (χ0) is 13.0. The van der Waals surface area contributed by atoms with Gasteiger partial charge in [0, 0.05) is 11.4 Å². The highest BCUT2D eigenvalue weighted by molar-refractivity contribution is 6.08. The predicted molar refractivity (Wildman–Crippen MR) is 74.6 cm³/mol. The highest BCUT2D eigenvalue weighted by atomic mass is 16.1. The summed E-state index contributed by atoms with van der Waals surface area (Å²) in [5, 5.41) is 2.90. The van der Waals surface area contributed by atoms with Gasteiger partial charge in [0.15, 0.2) is 0 Å². The van der Waals surface area contributed by atoms with Crippen LogP contribution < -0.4 is 11.1 Å². The van der Waals surface area contributed by atoms with Gasteiger partial charge in [-0.25, -0.2) is 0 Å². The lowest BCUT2D eigenvalue weighted by Gasteiger charge is -2.10. The average Bonchev–Trinajstić information content (AvgIpc) is 2.39. The van der Waals surface area contributed by atoms with E-state index in [1.165, 1.54) is 0 Å². The Labute approximate surface area is 107 Å². The molecule has 0 heterocycles. The second kappa shape index (κ2) is 5.36. The van der Waals surface area contributed by atoms with Gasteiger partial charge in [0.05, 0.1) is 5.56 Å². The summed E-state index contributed by atoms with van der Waals surface area (Å²) in [5.74, 6) is -0.172. The van der Waals surface area contributed by atoms with Crippen molar-refractivity contribution in [2.45, 2.75) is 13.3 Å². The molecule has 0 saturated heterocycles. The lowest BCUT2D eigenvalue weighted by atomic mass is 10.1. The Bertz CT molecular complexity index is 564. The summed E-state index contributed by atoms with van der Waals surface area (Å²) in [7, 11) is 0. The molecular formula is C15H16N2O. The molecular weight excluding hydrogens is 224 g/mol. The first-order valence-corrected chi connectivity index (χ1v) is 5.96. The topological polar surface area (TPSA) is 55.1 Å². The number of hydrogen-bond acceptors (Lipinski definition) is 2. The molecule has 18 heavy (non-hydrogen) atoms. The van der Waals surface area contributed by atoms with Gasteiger partial charge < -0.3 is 11.1 Å². The maximum absolute atomic E-state index is 12.1. The molecule has 0 radical (unpaired) electrons. The van der Waals surface area contributed by atoms with Crippen molar-refractivity contribution >= 4 is 17.3 Å². The maximum atomic E-state index is 12.1. The Kier molecular flexibility index (Phi) is 3.63. The number of para-hydroxylation sites is 2. The Morgan fingerprint density at radius 2 is 1.78 bits per heavy atom. The van der Waals surface area contributed by atoms with Gasteiger partial charge >= 0.3 is 0 Å². The van der Waals surface area contributed by atoms with Crippen LogP contribution >= 0.6 is 0 Å². The molecule has 2 rings (SSSR count). The number of benzene rings is 2.